The summed E-state index contributed by atoms with van der Waals surface area (Å²) < 4.78 is 4.98. The molecule has 0 fully saturated rings. The van der Waals surface area contributed by atoms with Crippen LogP contribution in [0.1, 0.15) is 25.5 Å². The fourth-order valence-corrected chi connectivity index (χ4v) is 2.29. The van der Waals surface area contributed by atoms with Crippen LogP contribution in [0.25, 0.3) is 0 Å². The highest BCUT2D eigenvalue weighted by Gasteiger charge is 2.17. The molecule has 5 heteroatoms. The number of rotatable bonds is 9. The maximum atomic E-state index is 5.89. The monoisotopic (exact) mass is 292 g/mol. The smallest absolute Gasteiger partial charge is 0.188 e. The van der Waals surface area contributed by atoms with Crippen molar-refractivity contribution in [2.45, 2.75) is 19.9 Å². The van der Waals surface area contributed by atoms with Gasteiger partial charge in [-0.25, -0.2) is 0 Å². The van der Waals surface area contributed by atoms with E-state index in [0.717, 1.165) is 13.1 Å². The summed E-state index contributed by atoms with van der Waals surface area (Å²) in [4.78, 5) is 6.87. The van der Waals surface area contributed by atoms with Crippen molar-refractivity contribution in [1.82, 2.24) is 10.2 Å². The lowest BCUT2D eigenvalue weighted by molar-refractivity contribution is 0.203. The number of nitrogens with zero attached hydrogens (tertiary/aromatic N) is 2. The minimum atomic E-state index is 0.254. The second-order valence-corrected chi connectivity index (χ2v) is 4.79. The van der Waals surface area contributed by atoms with E-state index in [-0.39, 0.29) is 6.04 Å². The summed E-state index contributed by atoms with van der Waals surface area (Å²) in [5, 5.41) is 3.05. The molecule has 1 aromatic rings. The van der Waals surface area contributed by atoms with Crippen LogP contribution in [0.4, 0.5) is 0 Å². The molecule has 1 atom stereocenters. The first-order valence-electron chi connectivity index (χ1n) is 7.54. The minimum absolute atomic E-state index is 0.254. The Balaban J connectivity index is 2.72. The molecule has 1 unspecified atom stereocenters. The molecule has 0 aliphatic rings. The van der Waals surface area contributed by atoms with Crippen molar-refractivity contribution >= 4 is 5.96 Å². The average Bonchev–Trinajstić information content (AvgIpc) is 2.52. The zero-order valence-corrected chi connectivity index (χ0v) is 13.4. The Hall–Kier alpha value is -1.59. The highest BCUT2D eigenvalue weighted by Crippen LogP contribution is 2.20. The van der Waals surface area contributed by atoms with E-state index in [2.05, 4.69) is 53.3 Å². The Labute approximate surface area is 128 Å². The van der Waals surface area contributed by atoms with Crippen molar-refractivity contribution in [3.63, 3.8) is 0 Å². The molecule has 0 spiro atoms. The Morgan fingerprint density at radius 2 is 1.95 bits per heavy atom. The van der Waals surface area contributed by atoms with Crippen LogP contribution in [-0.2, 0) is 4.74 Å². The molecule has 1 rings (SSSR count). The molecule has 118 valence electrons. The maximum absolute atomic E-state index is 5.89. The Bertz CT molecular complexity index is 404. The summed E-state index contributed by atoms with van der Waals surface area (Å²) in [6.07, 6.45) is 0. The van der Waals surface area contributed by atoms with Crippen LogP contribution >= 0.6 is 0 Å². The topological polar surface area (TPSA) is 62.9 Å². The summed E-state index contributed by atoms with van der Waals surface area (Å²) in [7, 11) is 1.67. The molecule has 0 bridgehead atoms. The molecule has 0 saturated carbocycles. The SMILES string of the molecule is CCN(CC)C(CN=C(N)NCCOC)c1ccccc1. The number of aliphatic imine (C=N–C) groups is 1. The van der Waals surface area contributed by atoms with Gasteiger partial charge in [0.05, 0.1) is 19.2 Å². The largest absolute Gasteiger partial charge is 0.383 e. The van der Waals surface area contributed by atoms with Crippen molar-refractivity contribution < 1.29 is 4.74 Å². The Kier molecular flexibility index (Phi) is 8.47. The van der Waals surface area contributed by atoms with Gasteiger partial charge in [-0.3, -0.25) is 9.89 Å². The molecule has 1 aromatic carbocycles. The number of methoxy groups -OCH3 is 1. The predicted molar refractivity (Wildman–Crippen MR) is 88.5 cm³/mol. The van der Waals surface area contributed by atoms with Crippen LogP contribution in [0, 0.1) is 0 Å². The normalized spacial score (nSPS) is 13.4. The van der Waals surface area contributed by atoms with Gasteiger partial charge in [0, 0.05) is 13.7 Å². The number of benzene rings is 1. The standard InChI is InChI=1S/C16H28N4O/c1-4-20(5-2)15(14-9-7-6-8-10-14)13-19-16(17)18-11-12-21-3/h6-10,15H,4-5,11-13H2,1-3H3,(H3,17,18,19). The lowest BCUT2D eigenvalue weighted by Crippen LogP contribution is -2.36. The van der Waals surface area contributed by atoms with Gasteiger partial charge in [-0.2, -0.15) is 0 Å². The van der Waals surface area contributed by atoms with Gasteiger partial charge in [0.1, 0.15) is 0 Å². The molecule has 0 aromatic heterocycles. The third kappa shape index (κ3) is 6.14. The van der Waals surface area contributed by atoms with Crippen molar-refractivity contribution in [1.29, 1.82) is 0 Å². The first-order valence-corrected chi connectivity index (χ1v) is 7.54. The highest BCUT2D eigenvalue weighted by atomic mass is 16.5. The lowest BCUT2D eigenvalue weighted by Gasteiger charge is -2.29. The van der Waals surface area contributed by atoms with Gasteiger partial charge in [0.15, 0.2) is 5.96 Å². The predicted octanol–water partition coefficient (Wildman–Crippen LogP) is 1.62. The molecular formula is C16H28N4O. The molecule has 0 aliphatic carbocycles. The first-order chi connectivity index (χ1) is 10.2. The molecule has 5 nitrogen and oxygen atoms in total. The second-order valence-electron chi connectivity index (χ2n) is 4.79. The molecule has 0 aliphatic heterocycles. The Morgan fingerprint density at radius 1 is 1.29 bits per heavy atom. The van der Waals surface area contributed by atoms with Crippen LogP contribution in [0.15, 0.2) is 35.3 Å². The van der Waals surface area contributed by atoms with Crippen molar-refractivity contribution in [3.05, 3.63) is 35.9 Å². The molecule has 21 heavy (non-hydrogen) atoms. The van der Waals surface area contributed by atoms with Crippen LogP contribution in [0.2, 0.25) is 0 Å². The number of hydrogen-bond acceptors (Lipinski definition) is 3. The van der Waals surface area contributed by atoms with Gasteiger partial charge in [-0.1, -0.05) is 44.2 Å². The molecular weight excluding hydrogens is 264 g/mol. The van der Waals surface area contributed by atoms with Crippen molar-refractivity contribution in [2.24, 2.45) is 10.7 Å². The third-order valence-electron chi connectivity index (χ3n) is 3.48. The number of hydrogen-bond donors (Lipinski definition) is 2. The van der Waals surface area contributed by atoms with Gasteiger partial charge in [0.2, 0.25) is 0 Å². The van der Waals surface area contributed by atoms with Crippen LogP contribution in [-0.4, -0.2) is 50.8 Å². The van der Waals surface area contributed by atoms with Gasteiger partial charge >= 0.3 is 0 Å². The first kappa shape index (κ1) is 17.5. The fraction of sp³-hybridized carbons (Fsp3) is 0.562. The van der Waals surface area contributed by atoms with Gasteiger partial charge in [-0.15, -0.1) is 0 Å². The van der Waals surface area contributed by atoms with Crippen molar-refractivity contribution in [2.75, 3.05) is 39.9 Å². The molecule has 0 heterocycles. The molecule has 0 radical (unpaired) electrons. The molecule has 0 saturated heterocycles. The molecule has 3 N–H and O–H groups in total. The molecule has 0 amide bonds. The van der Waals surface area contributed by atoms with E-state index in [1.165, 1.54) is 5.56 Å². The van der Waals surface area contributed by atoms with E-state index >= 15 is 0 Å². The summed E-state index contributed by atoms with van der Waals surface area (Å²) in [6, 6.07) is 10.7. The van der Waals surface area contributed by atoms with Crippen molar-refractivity contribution in [3.8, 4) is 0 Å². The number of guanidine groups is 1. The minimum Gasteiger partial charge on any atom is -0.383 e. The summed E-state index contributed by atoms with van der Waals surface area (Å²) >= 11 is 0. The number of likely N-dealkylation sites (N-methyl/N-ethyl adjacent to an activating group) is 1. The van der Waals surface area contributed by atoms with E-state index in [9.17, 15) is 0 Å². The summed E-state index contributed by atoms with van der Waals surface area (Å²) in [5.41, 5.74) is 7.16. The quantitative estimate of drug-likeness (QED) is 0.412. The zero-order valence-electron chi connectivity index (χ0n) is 13.4. The van der Waals surface area contributed by atoms with Crippen LogP contribution < -0.4 is 11.1 Å². The fourth-order valence-electron chi connectivity index (χ4n) is 2.29. The third-order valence-corrected chi connectivity index (χ3v) is 3.48. The zero-order chi connectivity index (χ0) is 15.5. The van der Waals surface area contributed by atoms with Crippen LogP contribution in [0.3, 0.4) is 0 Å². The van der Waals surface area contributed by atoms with E-state index < -0.39 is 0 Å². The average molecular weight is 292 g/mol. The number of ether oxygens (including phenoxy) is 1. The van der Waals surface area contributed by atoms with Gasteiger partial charge in [-0.05, 0) is 18.7 Å². The summed E-state index contributed by atoms with van der Waals surface area (Å²) in [5.74, 6) is 0.472. The lowest BCUT2D eigenvalue weighted by atomic mass is 10.1. The summed E-state index contributed by atoms with van der Waals surface area (Å²) in [6.45, 7) is 8.26. The van der Waals surface area contributed by atoms with Gasteiger partial charge < -0.3 is 15.8 Å². The Morgan fingerprint density at radius 3 is 2.52 bits per heavy atom. The van der Waals surface area contributed by atoms with E-state index in [4.69, 9.17) is 10.5 Å². The van der Waals surface area contributed by atoms with Gasteiger partial charge in [0.25, 0.3) is 0 Å². The maximum Gasteiger partial charge on any atom is 0.188 e. The second kappa shape index (κ2) is 10.2. The number of nitrogens with two attached hydrogens (primary N) is 1. The van der Waals surface area contributed by atoms with Crippen LogP contribution in [0.5, 0.6) is 0 Å². The number of nitrogens with one attached hydrogen (secondary N) is 1. The highest BCUT2D eigenvalue weighted by molar-refractivity contribution is 5.77. The van der Waals surface area contributed by atoms with E-state index in [0.29, 0.717) is 25.7 Å². The van der Waals surface area contributed by atoms with E-state index in [1.807, 2.05) is 6.07 Å². The van der Waals surface area contributed by atoms with E-state index in [1.54, 1.807) is 7.11 Å².